The lowest BCUT2D eigenvalue weighted by Gasteiger charge is -2.16. The number of hydrogen-bond donors (Lipinski definition) is 1. The number of carbonyl (C=O) groups is 2. The third kappa shape index (κ3) is 3.09. The molecular formula is C18H13ClN2O2S. The van der Waals surface area contributed by atoms with Crippen molar-refractivity contribution in [1.29, 1.82) is 0 Å². The van der Waals surface area contributed by atoms with Gasteiger partial charge in [0.1, 0.15) is 5.70 Å². The lowest BCUT2D eigenvalue weighted by atomic mass is 10.1. The van der Waals surface area contributed by atoms with Gasteiger partial charge in [-0.15, -0.1) is 0 Å². The Bertz CT molecular complexity index is 875. The van der Waals surface area contributed by atoms with Gasteiger partial charge in [-0.1, -0.05) is 29.8 Å². The van der Waals surface area contributed by atoms with Crippen LogP contribution in [0.5, 0.6) is 0 Å². The molecule has 1 fully saturated rings. The standard InChI is InChI=1S/C18H13ClN2O2S/c1-11-4-2-3-5-15(11)21-17(23)14(20-18(21)24)10-16(22)12-6-8-13(19)9-7-12/h2-10H,1H3,(H,20,24). The van der Waals surface area contributed by atoms with Gasteiger partial charge in [-0.3, -0.25) is 14.5 Å². The first-order valence-electron chi connectivity index (χ1n) is 7.20. The van der Waals surface area contributed by atoms with E-state index in [0.717, 1.165) is 5.56 Å². The lowest BCUT2D eigenvalue weighted by Crippen LogP contribution is -2.30. The number of rotatable bonds is 3. The quantitative estimate of drug-likeness (QED) is 0.518. The van der Waals surface area contributed by atoms with Crippen LogP contribution in [0.1, 0.15) is 15.9 Å². The number of nitrogens with zero attached hydrogens (tertiary/aromatic N) is 1. The number of benzene rings is 2. The van der Waals surface area contributed by atoms with Gasteiger partial charge in [0.05, 0.1) is 5.69 Å². The van der Waals surface area contributed by atoms with Gasteiger partial charge in [-0.2, -0.15) is 0 Å². The summed E-state index contributed by atoms with van der Waals surface area (Å²) in [5, 5.41) is 3.61. The predicted octanol–water partition coefficient (Wildman–Crippen LogP) is 3.64. The number of amides is 1. The van der Waals surface area contributed by atoms with E-state index < -0.39 is 0 Å². The first-order valence-corrected chi connectivity index (χ1v) is 7.98. The van der Waals surface area contributed by atoms with Crippen molar-refractivity contribution in [2.24, 2.45) is 0 Å². The molecule has 0 aliphatic carbocycles. The fourth-order valence-corrected chi connectivity index (χ4v) is 2.81. The monoisotopic (exact) mass is 356 g/mol. The number of nitrogens with one attached hydrogen (secondary N) is 1. The van der Waals surface area contributed by atoms with E-state index >= 15 is 0 Å². The van der Waals surface area contributed by atoms with Gasteiger partial charge in [0.25, 0.3) is 5.91 Å². The summed E-state index contributed by atoms with van der Waals surface area (Å²) in [5.74, 6) is -0.645. The molecule has 1 amide bonds. The minimum absolute atomic E-state index is 0.156. The molecule has 0 spiro atoms. The number of ketones is 1. The van der Waals surface area contributed by atoms with Crippen molar-refractivity contribution in [2.45, 2.75) is 6.92 Å². The van der Waals surface area contributed by atoms with Crippen molar-refractivity contribution in [2.75, 3.05) is 4.90 Å². The molecule has 1 heterocycles. The topological polar surface area (TPSA) is 49.4 Å². The number of hydrogen-bond acceptors (Lipinski definition) is 3. The summed E-state index contributed by atoms with van der Waals surface area (Å²) in [7, 11) is 0. The molecule has 0 atom stereocenters. The molecule has 24 heavy (non-hydrogen) atoms. The van der Waals surface area contributed by atoms with Gasteiger partial charge >= 0.3 is 0 Å². The molecule has 1 aliphatic rings. The van der Waals surface area contributed by atoms with Gasteiger partial charge in [0, 0.05) is 16.7 Å². The average molecular weight is 357 g/mol. The number of carbonyl (C=O) groups excluding carboxylic acids is 2. The number of thiocarbonyl (C=S) groups is 1. The maximum atomic E-state index is 12.6. The highest BCUT2D eigenvalue weighted by atomic mass is 35.5. The summed E-state index contributed by atoms with van der Waals surface area (Å²) in [6.07, 6.45) is 1.26. The number of allylic oxidation sites excluding steroid dienone is 1. The van der Waals surface area contributed by atoms with E-state index in [2.05, 4.69) is 5.32 Å². The molecule has 0 saturated carbocycles. The number of anilines is 1. The second-order valence-corrected chi connectivity index (χ2v) is 6.11. The molecular weight excluding hydrogens is 344 g/mol. The Hall–Kier alpha value is -2.50. The minimum Gasteiger partial charge on any atom is -0.327 e. The average Bonchev–Trinajstić information content (AvgIpc) is 2.83. The van der Waals surface area contributed by atoms with Crippen LogP contribution in [-0.4, -0.2) is 16.8 Å². The van der Waals surface area contributed by atoms with Gasteiger partial charge in [0.2, 0.25) is 0 Å². The van der Waals surface area contributed by atoms with Crippen molar-refractivity contribution < 1.29 is 9.59 Å². The highest BCUT2D eigenvalue weighted by Gasteiger charge is 2.33. The van der Waals surface area contributed by atoms with Crippen LogP contribution in [0.2, 0.25) is 5.02 Å². The number of para-hydroxylation sites is 1. The molecule has 2 aromatic rings. The molecule has 0 bridgehead atoms. The van der Waals surface area contributed by atoms with Crippen LogP contribution in [-0.2, 0) is 4.79 Å². The van der Waals surface area contributed by atoms with Crippen LogP contribution in [0.4, 0.5) is 5.69 Å². The Balaban J connectivity index is 1.90. The summed E-state index contributed by atoms with van der Waals surface area (Å²) in [6.45, 7) is 1.89. The molecule has 1 aliphatic heterocycles. The van der Waals surface area contributed by atoms with Gasteiger partial charge in [0.15, 0.2) is 10.9 Å². The molecule has 0 unspecified atom stereocenters. The zero-order chi connectivity index (χ0) is 17.3. The Morgan fingerprint density at radius 3 is 2.50 bits per heavy atom. The highest BCUT2D eigenvalue weighted by Crippen LogP contribution is 2.25. The Labute approximate surface area is 149 Å². The third-order valence-corrected chi connectivity index (χ3v) is 4.18. The van der Waals surface area contributed by atoms with E-state index in [1.807, 2.05) is 31.2 Å². The second-order valence-electron chi connectivity index (χ2n) is 5.29. The van der Waals surface area contributed by atoms with Crippen molar-refractivity contribution in [3.05, 3.63) is 76.5 Å². The molecule has 1 N–H and O–H groups in total. The molecule has 0 radical (unpaired) electrons. The van der Waals surface area contributed by atoms with E-state index in [0.29, 0.717) is 16.3 Å². The molecule has 120 valence electrons. The van der Waals surface area contributed by atoms with Crippen molar-refractivity contribution in [3.8, 4) is 0 Å². The lowest BCUT2D eigenvalue weighted by molar-refractivity contribution is -0.113. The summed E-state index contributed by atoms with van der Waals surface area (Å²) >= 11 is 11.1. The highest BCUT2D eigenvalue weighted by molar-refractivity contribution is 7.80. The van der Waals surface area contributed by atoms with Gasteiger partial charge in [-0.05, 0) is 55.0 Å². The fraction of sp³-hybridized carbons (Fsp3) is 0.0556. The van der Waals surface area contributed by atoms with Crippen LogP contribution >= 0.6 is 23.8 Å². The molecule has 1 saturated heterocycles. The Kier molecular flexibility index (Phi) is 4.46. The Morgan fingerprint density at radius 1 is 1.17 bits per heavy atom. The largest absolute Gasteiger partial charge is 0.327 e. The SMILES string of the molecule is Cc1ccccc1N1C(=O)C(=CC(=O)c2ccc(Cl)cc2)NC1=S. The molecule has 6 heteroatoms. The van der Waals surface area contributed by atoms with E-state index in [1.54, 1.807) is 24.3 Å². The minimum atomic E-state index is -0.350. The summed E-state index contributed by atoms with van der Waals surface area (Å²) in [6, 6.07) is 13.9. The molecule has 0 aromatic heterocycles. The van der Waals surface area contributed by atoms with E-state index in [4.69, 9.17) is 23.8 Å². The van der Waals surface area contributed by atoms with Gasteiger partial charge < -0.3 is 5.32 Å². The predicted molar refractivity (Wildman–Crippen MR) is 98.3 cm³/mol. The third-order valence-electron chi connectivity index (χ3n) is 3.64. The van der Waals surface area contributed by atoms with Crippen LogP contribution < -0.4 is 10.2 Å². The maximum absolute atomic E-state index is 12.6. The maximum Gasteiger partial charge on any atom is 0.281 e. The zero-order valence-electron chi connectivity index (χ0n) is 12.7. The van der Waals surface area contributed by atoms with Crippen LogP contribution in [0, 0.1) is 6.92 Å². The van der Waals surface area contributed by atoms with Crippen LogP contribution in [0.25, 0.3) is 0 Å². The molecule has 2 aromatic carbocycles. The van der Waals surface area contributed by atoms with E-state index in [1.165, 1.54) is 11.0 Å². The first kappa shape index (κ1) is 16.4. The first-order chi connectivity index (χ1) is 11.5. The molecule has 4 nitrogen and oxygen atoms in total. The zero-order valence-corrected chi connectivity index (χ0v) is 14.3. The number of aryl methyl sites for hydroxylation is 1. The van der Waals surface area contributed by atoms with Crippen LogP contribution in [0.3, 0.4) is 0 Å². The van der Waals surface area contributed by atoms with Crippen molar-refractivity contribution in [3.63, 3.8) is 0 Å². The van der Waals surface area contributed by atoms with Crippen molar-refractivity contribution in [1.82, 2.24) is 5.32 Å². The van der Waals surface area contributed by atoms with E-state index in [-0.39, 0.29) is 22.5 Å². The van der Waals surface area contributed by atoms with Crippen molar-refractivity contribution >= 4 is 46.3 Å². The summed E-state index contributed by atoms with van der Waals surface area (Å²) in [4.78, 5) is 26.3. The Morgan fingerprint density at radius 2 is 1.83 bits per heavy atom. The smallest absolute Gasteiger partial charge is 0.281 e. The number of halogens is 1. The van der Waals surface area contributed by atoms with Crippen LogP contribution in [0.15, 0.2) is 60.3 Å². The normalized spacial score (nSPS) is 15.8. The molecule has 3 rings (SSSR count). The fourth-order valence-electron chi connectivity index (χ4n) is 2.40. The second kappa shape index (κ2) is 6.55. The van der Waals surface area contributed by atoms with E-state index in [9.17, 15) is 9.59 Å². The summed E-state index contributed by atoms with van der Waals surface area (Å²) < 4.78 is 0. The van der Waals surface area contributed by atoms with Gasteiger partial charge in [-0.25, -0.2) is 0 Å². The summed E-state index contributed by atoms with van der Waals surface area (Å²) in [5.41, 5.74) is 2.22.